The second kappa shape index (κ2) is 6.62. The summed E-state index contributed by atoms with van der Waals surface area (Å²) >= 11 is 0. The first kappa shape index (κ1) is 12.2. The van der Waals surface area contributed by atoms with Crippen LogP contribution in [0.25, 0.3) is 0 Å². The van der Waals surface area contributed by atoms with Gasteiger partial charge in [0.1, 0.15) is 0 Å². The maximum atomic E-state index is 11.5. The molecule has 1 aliphatic heterocycles. The standard InChI is InChI=1S/C12H21NO2/c1-3-5-8-13-9-6-7-11(10-13)12(14)15-4-2/h3,11H,1,4-10H2,2H3/t11-/m1/s1. The monoisotopic (exact) mass is 211 g/mol. The van der Waals surface area contributed by atoms with Gasteiger partial charge in [-0.05, 0) is 32.7 Å². The Hall–Kier alpha value is -0.830. The Balaban J connectivity index is 2.34. The molecule has 1 aliphatic rings. The van der Waals surface area contributed by atoms with Crippen LogP contribution in [0.2, 0.25) is 0 Å². The number of nitrogens with zero attached hydrogens (tertiary/aromatic N) is 1. The molecule has 1 saturated heterocycles. The molecule has 0 radical (unpaired) electrons. The van der Waals surface area contributed by atoms with Crippen LogP contribution in [0.5, 0.6) is 0 Å². The summed E-state index contributed by atoms with van der Waals surface area (Å²) < 4.78 is 5.05. The number of esters is 1. The van der Waals surface area contributed by atoms with Gasteiger partial charge in [0.15, 0.2) is 0 Å². The van der Waals surface area contributed by atoms with Crippen molar-refractivity contribution in [2.75, 3.05) is 26.2 Å². The molecule has 1 fully saturated rings. The van der Waals surface area contributed by atoms with Crippen molar-refractivity contribution in [3.63, 3.8) is 0 Å². The third-order valence-electron chi connectivity index (χ3n) is 2.77. The molecular formula is C12H21NO2. The Morgan fingerprint density at radius 3 is 3.13 bits per heavy atom. The first-order chi connectivity index (χ1) is 7.27. The zero-order valence-electron chi connectivity index (χ0n) is 9.58. The summed E-state index contributed by atoms with van der Waals surface area (Å²) in [5, 5.41) is 0. The van der Waals surface area contributed by atoms with Gasteiger partial charge >= 0.3 is 5.97 Å². The molecule has 86 valence electrons. The number of likely N-dealkylation sites (tertiary alicyclic amines) is 1. The smallest absolute Gasteiger partial charge is 0.310 e. The van der Waals surface area contributed by atoms with E-state index in [1.165, 1.54) is 0 Å². The Kier molecular flexibility index (Phi) is 5.40. The van der Waals surface area contributed by atoms with Crippen molar-refractivity contribution in [3.8, 4) is 0 Å². The molecule has 3 heteroatoms. The summed E-state index contributed by atoms with van der Waals surface area (Å²) in [6.07, 6.45) is 4.99. The number of ether oxygens (including phenoxy) is 1. The molecule has 15 heavy (non-hydrogen) atoms. The minimum atomic E-state index is -0.0270. The molecule has 0 unspecified atom stereocenters. The average Bonchev–Trinajstić information content (AvgIpc) is 2.27. The topological polar surface area (TPSA) is 29.5 Å². The van der Waals surface area contributed by atoms with E-state index in [1.54, 1.807) is 0 Å². The summed E-state index contributed by atoms with van der Waals surface area (Å²) in [6, 6.07) is 0. The van der Waals surface area contributed by atoms with E-state index in [1.807, 2.05) is 13.0 Å². The van der Waals surface area contributed by atoms with E-state index in [2.05, 4.69) is 11.5 Å². The van der Waals surface area contributed by atoms with Crippen molar-refractivity contribution in [3.05, 3.63) is 12.7 Å². The fourth-order valence-electron chi connectivity index (χ4n) is 1.98. The van der Waals surface area contributed by atoms with E-state index >= 15 is 0 Å². The SMILES string of the molecule is C=CCCN1CCC[C@@H](C(=O)OCC)C1. The van der Waals surface area contributed by atoms with E-state index in [4.69, 9.17) is 4.74 Å². The van der Waals surface area contributed by atoms with Crippen LogP contribution in [0.3, 0.4) is 0 Å². The highest BCUT2D eigenvalue weighted by Gasteiger charge is 2.26. The molecule has 0 aliphatic carbocycles. The minimum absolute atomic E-state index is 0.0270. The number of hydrogen-bond donors (Lipinski definition) is 0. The van der Waals surface area contributed by atoms with Gasteiger partial charge in [-0.2, -0.15) is 0 Å². The summed E-state index contributed by atoms with van der Waals surface area (Å²) in [5.74, 6) is 0.0596. The maximum Gasteiger partial charge on any atom is 0.310 e. The molecular weight excluding hydrogens is 190 g/mol. The molecule has 0 aromatic carbocycles. The van der Waals surface area contributed by atoms with Crippen LogP contribution in [-0.4, -0.2) is 37.1 Å². The fraction of sp³-hybridized carbons (Fsp3) is 0.750. The van der Waals surface area contributed by atoms with E-state index < -0.39 is 0 Å². The fourth-order valence-corrected chi connectivity index (χ4v) is 1.98. The number of rotatable bonds is 5. The summed E-state index contributed by atoms with van der Waals surface area (Å²) in [5.41, 5.74) is 0. The van der Waals surface area contributed by atoms with Gasteiger partial charge in [-0.1, -0.05) is 6.08 Å². The molecule has 1 heterocycles. The molecule has 0 N–H and O–H groups in total. The van der Waals surface area contributed by atoms with Crippen molar-refractivity contribution < 1.29 is 9.53 Å². The predicted octanol–water partition coefficient (Wildman–Crippen LogP) is 1.84. The maximum absolute atomic E-state index is 11.5. The molecule has 1 rings (SSSR count). The van der Waals surface area contributed by atoms with Gasteiger partial charge in [0.25, 0.3) is 0 Å². The molecule has 3 nitrogen and oxygen atoms in total. The van der Waals surface area contributed by atoms with Gasteiger partial charge < -0.3 is 9.64 Å². The van der Waals surface area contributed by atoms with Crippen LogP contribution in [0.1, 0.15) is 26.2 Å². The highest BCUT2D eigenvalue weighted by atomic mass is 16.5. The first-order valence-electron chi connectivity index (χ1n) is 5.77. The van der Waals surface area contributed by atoms with Crippen LogP contribution in [0, 0.1) is 5.92 Å². The number of piperidine rings is 1. The van der Waals surface area contributed by atoms with Crippen LogP contribution in [0.15, 0.2) is 12.7 Å². The van der Waals surface area contributed by atoms with E-state index in [0.29, 0.717) is 6.61 Å². The van der Waals surface area contributed by atoms with Crippen molar-refractivity contribution >= 4 is 5.97 Å². The zero-order chi connectivity index (χ0) is 11.1. The summed E-state index contributed by atoms with van der Waals surface area (Å²) in [4.78, 5) is 13.9. The van der Waals surface area contributed by atoms with Crippen molar-refractivity contribution in [2.24, 2.45) is 5.92 Å². The van der Waals surface area contributed by atoms with E-state index in [-0.39, 0.29) is 11.9 Å². The van der Waals surface area contributed by atoms with E-state index in [9.17, 15) is 4.79 Å². The van der Waals surface area contributed by atoms with Crippen molar-refractivity contribution in [1.82, 2.24) is 4.90 Å². The van der Waals surface area contributed by atoms with Gasteiger partial charge in [0.05, 0.1) is 12.5 Å². The van der Waals surface area contributed by atoms with Crippen molar-refractivity contribution in [2.45, 2.75) is 26.2 Å². The quantitative estimate of drug-likeness (QED) is 0.513. The molecule has 1 atom stereocenters. The Morgan fingerprint density at radius 2 is 2.47 bits per heavy atom. The minimum Gasteiger partial charge on any atom is -0.466 e. The molecule has 0 spiro atoms. The van der Waals surface area contributed by atoms with Gasteiger partial charge in [0.2, 0.25) is 0 Å². The Bertz CT molecular complexity index is 216. The normalized spacial score (nSPS) is 22.3. The van der Waals surface area contributed by atoms with Crippen LogP contribution in [0.4, 0.5) is 0 Å². The lowest BCUT2D eigenvalue weighted by Crippen LogP contribution is -2.39. The lowest BCUT2D eigenvalue weighted by molar-refractivity contribution is -0.149. The highest BCUT2D eigenvalue weighted by Crippen LogP contribution is 2.17. The van der Waals surface area contributed by atoms with Crippen LogP contribution < -0.4 is 0 Å². The van der Waals surface area contributed by atoms with Crippen LogP contribution in [-0.2, 0) is 9.53 Å². The number of carbonyl (C=O) groups excluding carboxylic acids is 1. The van der Waals surface area contributed by atoms with Gasteiger partial charge in [0, 0.05) is 13.1 Å². The average molecular weight is 211 g/mol. The van der Waals surface area contributed by atoms with Crippen molar-refractivity contribution in [1.29, 1.82) is 0 Å². The number of hydrogen-bond acceptors (Lipinski definition) is 3. The summed E-state index contributed by atoms with van der Waals surface area (Å²) in [6.45, 7) is 9.02. The molecule has 0 aromatic heterocycles. The highest BCUT2D eigenvalue weighted by molar-refractivity contribution is 5.72. The van der Waals surface area contributed by atoms with Gasteiger partial charge in [-0.15, -0.1) is 6.58 Å². The third-order valence-corrected chi connectivity index (χ3v) is 2.77. The Labute approximate surface area is 92.1 Å². The molecule has 0 aromatic rings. The molecule has 0 amide bonds. The number of carbonyl (C=O) groups is 1. The Morgan fingerprint density at radius 1 is 1.67 bits per heavy atom. The van der Waals surface area contributed by atoms with Crippen LogP contribution >= 0.6 is 0 Å². The zero-order valence-corrected chi connectivity index (χ0v) is 9.58. The second-order valence-corrected chi connectivity index (χ2v) is 3.97. The predicted molar refractivity (Wildman–Crippen MR) is 60.6 cm³/mol. The van der Waals surface area contributed by atoms with E-state index in [0.717, 1.165) is 38.9 Å². The lowest BCUT2D eigenvalue weighted by atomic mass is 9.98. The largest absolute Gasteiger partial charge is 0.466 e. The first-order valence-corrected chi connectivity index (χ1v) is 5.77. The third kappa shape index (κ3) is 4.04. The summed E-state index contributed by atoms with van der Waals surface area (Å²) in [7, 11) is 0. The lowest BCUT2D eigenvalue weighted by Gasteiger charge is -2.31. The molecule has 0 bridgehead atoms. The van der Waals surface area contributed by atoms with Gasteiger partial charge in [-0.25, -0.2) is 0 Å². The van der Waals surface area contributed by atoms with Gasteiger partial charge in [-0.3, -0.25) is 4.79 Å². The second-order valence-electron chi connectivity index (χ2n) is 3.97. The molecule has 0 saturated carbocycles.